The number of H-pyrrole nitrogens is 1. The third-order valence-corrected chi connectivity index (χ3v) is 2.51. The summed E-state index contributed by atoms with van der Waals surface area (Å²) in [6, 6.07) is 5.89. The number of benzene rings is 1. The molecule has 2 aromatic rings. The number of hydrogen-bond acceptors (Lipinski definition) is 2. The van der Waals surface area contributed by atoms with Gasteiger partial charge in [0.2, 0.25) is 0 Å². The van der Waals surface area contributed by atoms with Gasteiger partial charge in [0.1, 0.15) is 11.3 Å². The summed E-state index contributed by atoms with van der Waals surface area (Å²) in [6.07, 6.45) is 2.68. The quantitative estimate of drug-likeness (QED) is 0.673. The van der Waals surface area contributed by atoms with E-state index in [2.05, 4.69) is 25.9 Å². The minimum Gasteiger partial charge on any atom is -0.491 e. The number of halogens is 1. The largest absolute Gasteiger partial charge is 0.491 e. The molecule has 4 heteroatoms. The van der Waals surface area contributed by atoms with Crippen molar-refractivity contribution in [3.8, 4) is 5.75 Å². The van der Waals surface area contributed by atoms with Crippen LogP contribution in [-0.4, -0.2) is 21.9 Å². The fourth-order valence-electron chi connectivity index (χ4n) is 1.29. The van der Waals surface area contributed by atoms with E-state index in [1.807, 2.05) is 18.2 Å². The third-order valence-electron chi connectivity index (χ3n) is 1.95. The normalized spacial score (nSPS) is 10.6. The fraction of sp³-hybridized carbons (Fsp3) is 0.300. The van der Waals surface area contributed by atoms with Gasteiger partial charge >= 0.3 is 0 Å². The summed E-state index contributed by atoms with van der Waals surface area (Å²) >= 11 is 3.36. The molecular weight excluding hydrogens is 244 g/mol. The van der Waals surface area contributed by atoms with Crippen LogP contribution in [0.4, 0.5) is 0 Å². The average molecular weight is 255 g/mol. The number of ether oxygens (including phenoxy) is 1. The first-order valence-electron chi connectivity index (χ1n) is 4.52. The van der Waals surface area contributed by atoms with Gasteiger partial charge in [-0.25, -0.2) is 4.98 Å². The molecule has 74 valence electrons. The molecule has 0 unspecified atom stereocenters. The molecule has 1 N–H and O–H groups in total. The Hall–Kier alpha value is -1.03. The van der Waals surface area contributed by atoms with Crippen molar-refractivity contribution in [1.29, 1.82) is 0 Å². The maximum absolute atomic E-state index is 5.61. The molecular formula is C10H11BrN2O. The smallest absolute Gasteiger partial charge is 0.147 e. The molecule has 14 heavy (non-hydrogen) atoms. The monoisotopic (exact) mass is 254 g/mol. The zero-order valence-corrected chi connectivity index (χ0v) is 9.25. The second-order valence-electron chi connectivity index (χ2n) is 2.95. The zero-order chi connectivity index (χ0) is 9.80. The summed E-state index contributed by atoms with van der Waals surface area (Å²) in [5.74, 6) is 0.852. The van der Waals surface area contributed by atoms with E-state index in [0.29, 0.717) is 0 Å². The number of nitrogens with zero attached hydrogens (tertiary/aromatic N) is 1. The van der Waals surface area contributed by atoms with Crippen molar-refractivity contribution in [3.63, 3.8) is 0 Å². The highest BCUT2D eigenvalue weighted by atomic mass is 79.9. The maximum Gasteiger partial charge on any atom is 0.147 e. The Morgan fingerprint density at radius 1 is 1.43 bits per heavy atom. The van der Waals surface area contributed by atoms with Crippen molar-refractivity contribution in [2.24, 2.45) is 0 Å². The van der Waals surface area contributed by atoms with Crippen molar-refractivity contribution in [2.75, 3.05) is 11.9 Å². The third kappa shape index (κ3) is 1.90. The van der Waals surface area contributed by atoms with Crippen LogP contribution in [0.2, 0.25) is 0 Å². The molecule has 0 spiro atoms. The first kappa shape index (κ1) is 9.52. The fourth-order valence-corrected chi connectivity index (χ4v) is 1.52. The Morgan fingerprint density at radius 2 is 2.36 bits per heavy atom. The summed E-state index contributed by atoms with van der Waals surface area (Å²) in [5, 5.41) is 0.962. The van der Waals surface area contributed by atoms with Crippen LogP contribution in [0.5, 0.6) is 5.75 Å². The van der Waals surface area contributed by atoms with Gasteiger partial charge in [0, 0.05) is 5.33 Å². The number of rotatable bonds is 4. The molecule has 0 bridgehead atoms. The van der Waals surface area contributed by atoms with Gasteiger partial charge in [-0.3, -0.25) is 0 Å². The van der Waals surface area contributed by atoms with Crippen molar-refractivity contribution in [2.45, 2.75) is 6.42 Å². The lowest BCUT2D eigenvalue weighted by Crippen LogP contribution is -1.97. The number of nitrogens with one attached hydrogen (secondary N) is 1. The summed E-state index contributed by atoms with van der Waals surface area (Å²) < 4.78 is 5.61. The molecule has 0 saturated heterocycles. The second kappa shape index (κ2) is 4.46. The van der Waals surface area contributed by atoms with Crippen LogP contribution < -0.4 is 4.74 Å². The topological polar surface area (TPSA) is 37.9 Å². The minimum absolute atomic E-state index is 0.719. The molecule has 1 aromatic carbocycles. The van der Waals surface area contributed by atoms with E-state index in [1.165, 1.54) is 0 Å². The van der Waals surface area contributed by atoms with Gasteiger partial charge in [-0.2, -0.15) is 0 Å². The first-order chi connectivity index (χ1) is 6.92. The number of para-hydroxylation sites is 1. The highest BCUT2D eigenvalue weighted by molar-refractivity contribution is 9.09. The maximum atomic E-state index is 5.61. The lowest BCUT2D eigenvalue weighted by molar-refractivity contribution is 0.322. The number of aromatic amines is 1. The van der Waals surface area contributed by atoms with Crippen LogP contribution in [0.3, 0.4) is 0 Å². The van der Waals surface area contributed by atoms with Crippen molar-refractivity contribution in [3.05, 3.63) is 24.5 Å². The average Bonchev–Trinajstić information content (AvgIpc) is 2.67. The molecule has 0 saturated carbocycles. The molecule has 1 heterocycles. The number of imidazole rings is 1. The molecule has 0 radical (unpaired) electrons. The zero-order valence-electron chi connectivity index (χ0n) is 7.66. The molecule has 0 aliphatic rings. The van der Waals surface area contributed by atoms with E-state index in [0.717, 1.165) is 35.1 Å². The SMILES string of the molecule is BrCCCOc1cccc2[nH]cnc12. The van der Waals surface area contributed by atoms with E-state index in [1.54, 1.807) is 6.33 Å². The highest BCUT2D eigenvalue weighted by Crippen LogP contribution is 2.21. The van der Waals surface area contributed by atoms with Gasteiger partial charge in [0.25, 0.3) is 0 Å². The number of fused-ring (bicyclic) bond motifs is 1. The second-order valence-corrected chi connectivity index (χ2v) is 3.74. The predicted molar refractivity (Wildman–Crippen MR) is 60.0 cm³/mol. The molecule has 0 amide bonds. The van der Waals surface area contributed by atoms with Gasteiger partial charge in [-0.1, -0.05) is 22.0 Å². The summed E-state index contributed by atoms with van der Waals surface area (Å²) in [4.78, 5) is 7.26. The Kier molecular flexibility index (Phi) is 3.03. The molecule has 1 aromatic heterocycles. The standard InChI is InChI=1S/C10H11BrN2O/c11-5-2-6-14-9-4-1-3-8-10(9)13-7-12-8/h1,3-4,7H,2,5-6H2,(H,12,13). The molecule has 0 atom stereocenters. The van der Waals surface area contributed by atoms with Gasteiger partial charge < -0.3 is 9.72 Å². The lowest BCUT2D eigenvalue weighted by atomic mass is 10.3. The van der Waals surface area contributed by atoms with Crippen LogP contribution >= 0.6 is 15.9 Å². The summed E-state index contributed by atoms with van der Waals surface area (Å²) in [7, 11) is 0. The van der Waals surface area contributed by atoms with Gasteiger partial charge in [0.05, 0.1) is 18.5 Å². The predicted octanol–water partition coefficient (Wildman–Crippen LogP) is 2.73. The molecule has 0 aliphatic carbocycles. The number of aromatic nitrogens is 2. The van der Waals surface area contributed by atoms with Gasteiger partial charge in [-0.05, 0) is 18.6 Å². The molecule has 0 aliphatic heterocycles. The van der Waals surface area contributed by atoms with Crippen molar-refractivity contribution in [1.82, 2.24) is 9.97 Å². The van der Waals surface area contributed by atoms with Crippen LogP contribution in [0.1, 0.15) is 6.42 Å². The van der Waals surface area contributed by atoms with E-state index < -0.39 is 0 Å². The molecule has 0 fully saturated rings. The van der Waals surface area contributed by atoms with Crippen molar-refractivity contribution >= 4 is 27.0 Å². The Bertz CT molecular complexity index is 413. The van der Waals surface area contributed by atoms with E-state index in [-0.39, 0.29) is 0 Å². The van der Waals surface area contributed by atoms with Crippen molar-refractivity contribution < 1.29 is 4.74 Å². The van der Waals surface area contributed by atoms with Gasteiger partial charge in [-0.15, -0.1) is 0 Å². The Balaban J connectivity index is 2.19. The van der Waals surface area contributed by atoms with E-state index >= 15 is 0 Å². The van der Waals surface area contributed by atoms with E-state index in [9.17, 15) is 0 Å². The number of hydrogen-bond donors (Lipinski definition) is 1. The first-order valence-corrected chi connectivity index (χ1v) is 5.65. The van der Waals surface area contributed by atoms with E-state index in [4.69, 9.17) is 4.74 Å². The van der Waals surface area contributed by atoms with Crippen LogP contribution in [0, 0.1) is 0 Å². The minimum atomic E-state index is 0.719. The van der Waals surface area contributed by atoms with Crippen LogP contribution in [0.15, 0.2) is 24.5 Å². The molecule has 3 nitrogen and oxygen atoms in total. The highest BCUT2D eigenvalue weighted by Gasteiger charge is 2.02. The Morgan fingerprint density at radius 3 is 3.21 bits per heavy atom. The van der Waals surface area contributed by atoms with Crippen LogP contribution in [-0.2, 0) is 0 Å². The summed E-state index contributed by atoms with van der Waals surface area (Å²) in [5.41, 5.74) is 1.92. The van der Waals surface area contributed by atoms with Gasteiger partial charge in [0.15, 0.2) is 0 Å². The lowest BCUT2D eigenvalue weighted by Gasteiger charge is -2.04. The van der Waals surface area contributed by atoms with Crippen LogP contribution in [0.25, 0.3) is 11.0 Å². The number of alkyl halides is 1. The summed E-state index contributed by atoms with van der Waals surface area (Å²) in [6.45, 7) is 0.719. The molecule has 2 rings (SSSR count). The Labute approximate surface area is 90.6 Å².